The fourth-order valence-electron chi connectivity index (χ4n) is 2.62. The van der Waals surface area contributed by atoms with E-state index in [1.54, 1.807) is 0 Å². The Bertz CT molecular complexity index is 411. The molecule has 19 heavy (non-hydrogen) atoms. The quantitative estimate of drug-likeness (QED) is 0.898. The number of hydrogen-bond donors (Lipinski definition) is 1. The first-order valence-electron chi connectivity index (χ1n) is 7.31. The molecule has 106 valence electrons. The summed E-state index contributed by atoms with van der Waals surface area (Å²) < 4.78 is 0. The minimum absolute atomic E-state index is 0.570. The number of aromatic nitrogens is 1. The lowest BCUT2D eigenvalue weighted by Crippen LogP contribution is -2.49. The van der Waals surface area contributed by atoms with E-state index >= 15 is 0 Å². The van der Waals surface area contributed by atoms with Gasteiger partial charge in [0.15, 0.2) is 0 Å². The van der Waals surface area contributed by atoms with Crippen molar-refractivity contribution in [2.75, 3.05) is 31.1 Å². The number of nitrogens with two attached hydrogens (primary N) is 1. The van der Waals surface area contributed by atoms with Crippen molar-refractivity contribution in [3.05, 3.63) is 23.4 Å². The lowest BCUT2D eigenvalue weighted by atomic mass is 10.1. The predicted octanol–water partition coefficient (Wildman–Crippen LogP) is 1.77. The Morgan fingerprint density at radius 2 is 1.95 bits per heavy atom. The van der Waals surface area contributed by atoms with E-state index < -0.39 is 0 Å². The van der Waals surface area contributed by atoms with E-state index in [1.165, 1.54) is 6.42 Å². The molecule has 1 aromatic rings. The van der Waals surface area contributed by atoms with E-state index in [0.29, 0.717) is 12.6 Å². The van der Waals surface area contributed by atoms with Crippen molar-refractivity contribution in [3.8, 4) is 0 Å². The third kappa shape index (κ3) is 3.25. The number of hydrogen-bond acceptors (Lipinski definition) is 4. The summed E-state index contributed by atoms with van der Waals surface area (Å²) in [6, 6.07) is 4.91. The molecule has 4 heteroatoms. The first kappa shape index (κ1) is 14.3. The number of piperazine rings is 1. The van der Waals surface area contributed by atoms with Crippen LogP contribution in [0.2, 0.25) is 0 Å². The summed E-state index contributed by atoms with van der Waals surface area (Å²) >= 11 is 0. The van der Waals surface area contributed by atoms with Crippen molar-refractivity contribution in [1.82, 2.24) is 9.88 Å². The smallest absolute Gasteiger partial charge is 0.128 e. The van der Waals surface area contributed by atoms with Gasteiger partial charge in [-0.1, -0.05) is 13.0 Å². The maximum atomic E-state index is 5.69. The van der Waals surface area contributed by atoms with Crippen LogP contribution < -0.4 is 10.6 Å². The molecule has 1 saturated heterocycles. The monoisotopic (exact) mass is 262 g/mol. The molecule has 2 rings (SSSR count). The van der Waals surface area contributed by atoms with Crippen LogP contribution in [-0.2, 0) is 6.54 Å². The van der Waals surface area contributed by atoms with Crippen LogP contribution in [-0.4, -0.2) is 42.1 Å². The van der Waals surface area contributed by atoms with Gasteiger partial charge in [0.05, 0.1) is 0 Å². The summed E-state index contributed by atoms with van der Waals surface area (Å²) in [6.45, 7) is 11.6. The van der Waals surface area contributed by atoms with Crippen LogP contribution in [0.1, 0.15) is 31.5 Å². The molecule has 1 atom stereocenters. The summed E-state index contributed by atoms with van der Waals surface area (Å²) in [4.78, 5) is 9.63. The Labute approximate surface area is 116 Å². The van der Waals surface area contributed by atoms with Gasteiger partial charge in [-0.05, 0) is 31.9 Å². The minimum Gasteiger partial charge on any atom is -0.354 e. The van der Waals surface area contributed by atoms with E-state index in [0.717, 1.165) is 43.3 Å². The highest BCUT2D eigenvalue weighted by molar-refractivity contribution is 5.42. The summed E-state index contributed by atoms with van der Waals surface area (Å²) in [6.07, 6.45) is 1.22. The van der Waals surface area contributed by atoms with E-state index in [2.05, 4.69) is 40.8 Å². The van der Waals surface area contributed by atoms with E-state index in [1.807, 2.05) is 6.92 Å². The molecule has 0 amide bonds. The largest absolute Gasteiger partial charge is 0.354 e. The zero-order chi connectivity index (χ0) is 13.8. The molecule has 1 fully saturated rings. The zero-order valence-corrected chi connectivity index (χ0v) is 12.4. The average Bonchev–Trinajstić information content (AvgIpc) is 2.46. The molecule has 0 radical (unpaired) electrons. The van der Waals surface area contributed by atoms with Gasteiger partial charge in [-0.15, -0.1) is 0 Å². The van der Waals surface area contributed by atoms with Crippen molar-refractivity contribution >= 4 is 5.82 Å². The lowest BCUT2D eigenvalue weighted by molar-refractivity contribution is 0.192. The average molecular weight is 262 g/mol. The highest BCUT2D eigenvalue weighted by Gasteiger charge is 2.21. The molecule has 1 aliphatic rings. The zero-order valence-electron chi connectivity index (χ0n) is 12.4. The maximum absolute atomic E-state index is 5.69. The van der Waals surface area contributed by atoms with E-state index in [9.17, 15) is 0 Å². The van der Waals surface area contributed by atoms with Gasteiger partial charge in [-0.25, -0.2) is 4.98 Å². The Morgan fingerprint density at radius 3 is 2.47 bits per heavy atom. The van der Waals surface area contributed by atoms with Crippen LogP contribution in [0, 0.1) is 6.92 Å². The molecular weight excluding hydrogens is 236 g/mol. The van der Waals surface area contributed by atoms with Crippen LogP contribution >= 0.6 is 0 Å². The Kier molecular flexibility index (Phi) is 4.77. The number of nitrogens with zero attached hydrogens (tertiary/aromatic N) is 3. The molecule has 0 saturated carbocycles. The van der Waals surface area contributed by atoms with Crippen LogP contribution in [0.3, 0.4) is 0 Å². The normalized spacial score (nSPS) is 18.6. The van der Waals surface area contributed by atoms with Crippen molar-refractivity contribution in [2.24, 2.45) is 5.73 Å². The lowest BCUT2D eigenvalue weighted by Gasteiger charge is -2.38. The van der Waals surface area contributed by atoms with Crippen LogP contribution in [0.4, 0.5) is 5.82 Å². The first-order valence-corrected chi connectivity index (χ1v) is 7.31. The number of pyridine rings is 1. The summed E-state index contributed by atoms with van der Waals surface area (Å²) in [5.74, 6) is 1.10. The fraction of sp³-hybridized carbons (Fsp3) is 0.667. The molecule has 0 spiro atoms. The first-order chi connectivity index (χ1) is 9.15. The number of aryl methyl sites for hydroxylation is 1. The molecule has 4 nitrogen and oxygen atoms in total. The highest BCUT2D eigenvalue weighted by atomic mass is 15.3. The summed E-state index contributed by atoms with van der Waals surface area (Å²) in [7, 11) is 0. The number of anilines is 1. The minimum atomic E-state index is 0.570. The Balaban J connectivity index is 1.99. The van der Waals surface area contributed by atoms with Crippen LogP contribution in [0.5, 0.6) is 0 Å². The van der Waals surface area contributed by atoms with Gasteiger partial charge in [0, 0.05) is 44.5 Å². The van der Waals surface area contributed by atoms with Crippen molar-refractivity contribution in [1.29, 1.82) is 0 Å². The second-order valence-electron chi connectivity index (χ2n) is 5.40. The number of rotatable bonds is 4. The Hall–Kier alpha value is -1.13. The third-order valence-corrected chi connectivity index (χ3v) is 4.25. The van der Waals surface area contributed by atoms with Crippen molar-refractivity contribution in [3.63, 3.8) is 0 Å². The topological polar surface area (TPSA) is 45.4 Å². The highest BCUT2D eigenvalue weighted by Crippen LogP contribution is 2.17. The van der Waals surface area contributed by atoms with Gasteiger partial charge in [0.2, 0.25) is 0 Å². The molecule has 0 aromatic carbocycles. The molecule has 1 aliphatic heterocycles. The second kappa shape index (κ2) is 6.35. The van der Waals surface area contributed by atoms with Crippen LogP contribution in [0.15, 0.2) is 12.1 Å². The van der Waals surface area contributed by atoms with Crippen molar-refractivity contribution in [2.45, 2.75) is 39.8 Å². The van der Waals surface area contributed by atoms with Gasteiger partial charge in [-0.3, -0.25) is 4.90 Å². The molecule has 2 N–H and O–H groups in total. The molecule has 1 aromatic heterocycles. The predicted molar refractivity (Wildman–Crippen MR) is 80.4 cm³/mol. The van der Waals surface area contributed by atoms with Crippen molar-refractivity contribution < 1.29 is 0 Å². The summed E-state index contributed by atoms with van der Waals surface area (Å²) in [5.41, 5.74) is 7.89. The van der Waals surface area contributed by atoms with E-state index in [-0.39, 0.29) is 0 Å². The molecule has 2 heterocycles. The molecule has 0 aliphatic carbocycles. The van der Waals surface area contributed by atoms with Gasteiger partial charge >= 0.3 is 0 Å². The maximum Gasteiger partial charge on any atom is 0.128 e. The molecule has 1 unspecified atom stereocenters. The van der Waals surface area contributed by atoms with Gasteiger partial charge < -0.3 is 10.6 Å². The standard InChI is InChI=1S/C15H26N4/c1-4-12(2)18-7-9-19(10-8-18)15-6-5-14(11-16)13(3)17-15/h5-6,12H,4,7-11,16H2,1-3H3. The third-order valence-electron chi connectivity index (χ3n) is 4.25. The van der Waals surface area contributed by atoms with Gasteiger partial charge in [-0.2, -0.15) is 0 Å². The SMILES string of the molecule is CCC(C)N1CCN(c2ccc(CN)c(C)n2)CC1. The molecular formula is C15H26N4. The molecule has 0 bridgehead atoms. The summed E-state index contributed by atoms with van der Waals surface area (Å²) in [5, 5.41) is 0. The van der Waals surface area contributed by atoms with E-state index in [4.69, 9.17) is 5.73 Å². The second-order valence-corrected chi connectivity index (χ2v) is 5.40. The Morgan fingerprint density at radius 1 is 1.26 bits per heavy atom. The van der Waals surface area contributed by atoms with Crippen LogP contribution in [0.25, 0.3) is 0 Å². The van der Waals surface area contributed by atoms with Gasteiger partial charge in [0.25, 0.3) is 0 Å². The van der Waals surface area contributed by atoms with Gasteiger partial charge in [0.1, 0.15) is 5.82 Å². The fourth-order valence-corrected chi connectivity index (χ4v) is 2.62.